The first-order chi connectivity index (χ1) is 8.45. The zero-order valence-corrected chi connectivity index (χ0v) is 11.2. The van der Waals surface area contributed by atoms with Crippen molar-refractivity contribution in [1.82, 2.24) is 9.80 Å². The van der Waals surface area contributed by atoms with E-state index in [2.05, 4.69) is 32.9 Å². The Morgan fingerprint density at radius 2 is 1.83 bits per heavy atom. The topological polar surface area (TPSA) is 47.3 Å². The highest BCUT2D eigenvalue weighted by atomic mass is 16.2. The third-order valence-corrected chi connectivity index (χ3v) is 3.72. The number of hydrogen-bond acceptors (Lipinski definition) is 2. The summed E-state index contributed by atoms with van der Waals surface area (Å²) in [6.07, 6.45) is 1.93. The van der Waals surface area contributed by atoms with Crippen molar-refractivity contribution in [2.45, 2.75) is 26.8 Å². The molecular weight excluding hydrogens is 226 g/mol. The minimum atomic E-state index is -0.222. The average Bonchev–Trinajstić information content (AvgIpc) is 2.61. The van der Waals surface area contributed by atoms with E-state index in [1.165, 1.54) is 21.6 Å². The number of nitrogens with zero attached hydrogens (tertiary/aromatic N) is 3. The van der Waals surface area contributed by atoms with Crippen molar-refractivity contribution >= 4 is 6.03 Å². The van der Waals surface area contributed by atoms with Gasteiger partial charge in [-0.3, -0.25) is 0 Å². The van der Waals surface area contributed by atoms with Gasteiger partial charge in [0.05, 0.1) is 12.6 Å². The Morgan fingerprint density at radius 1 is 1.22 bits per heavy atom. The second kappa shape index (κ2) is 4.34. The molecule has 0 bridgehead atoms. The van der Waals surface area contributed by atoms with E-state index in [9.17, 15) is 4.79 Å². The van der Waals surface area contributed by atoms with Crippen molar-refractivity contribution in [2.75, 3.05) is 13.6 Å². The number of benzene rings is 1. The summed E-state index contributed by atoms with van der Waals surface area (Å²) in [4.78, 5) is 14.7. The lowest BCUT2D eigenvalue weighted by Gasteiger charge is -2.21. The third-order valence-electron chi connectivity index (χ3n) is 3.72. The Hall–Kier alpha value is -2.02. The first-order valence-corrected chi connectivity index (χ1v) is 5.97. The minimum absolute atomic E-state index is 0.0311. The SMILES string of the molecule is Cc1cc(C)c(C2CN(C#N)C(=O)N2C)cc1C. The molecule has 1 atom stereocenters. The van der Waals surface area contributed by atoms with Gasteiger partial charge in [0.1, 0.15) is 0 Å². The van der Waals surface area contributed by atoms with Crippen LogP contribution in [0.25, 0.3) is 0 Å². The number of hydrogen-bond donors (Lipinski definition) is 0. The number of carbonyl (C=O) groups excluding carboxylic acids is 1. The van der Waals surface area contributed by atoms with Gasteiger partial charge < -0.3 is 4.90 Å². The van der Waals surface area contributed by atoms with Gasteiger partial charge in [-0.2, -0.15) is 5.26 Å². The molecule has 0 saturated carbocycles. The molecule has 4 nitrogen and oxygen atoms in total. The molecule has 94 valence electrons. The van der Waals surface area contributed by atoms with Crippen LogP contribution in [0.5, 0.6) is 0 Å². The van der Waals surface area contributed by atoms with Crippen LogP contribution in [0.4, 0.5) is 4.79 Å². The van der Waals surface area contributed by atoms with Crippen LogP contribution in [0.15, 0.2) is 12.1 Å². The number of aryl methyl sites for hydroxylation is 3. The molecule has 4 heteroatoms. The maximum Gasteiger partial charge on any atom is 0.333 e. The molecule has 18 heavy (non-hydrogen) atoms. The van der Waals surface area contributed by atoms with Crippen molar-refractivity contribution in [2.24, 2.45) is 0 Å². The molecule has 1 aliphatic rings. The molecule has 0 radical (unpaired) electrons. The zero-order valence-electron chi connectivity index (χ0n) is 11.2. The maximum absolute atomic E-state index is 11.8. The van der Waals surface area contributed by atoms with E-state index < -0.39 is 0 Å². The van der Waals surface area contributed by atoms with Gasteiger partial charge in [-0.15, -0.1) is 0 Å². The summed E-state index contributed by atoms with van der Waals surface area (Å²) < 4.78 is 0. The molecule has 0 N–H and O–H groups in total. The fourth-order valence-corrected chi connectivity index (χ4v) is 2.43. The second-order valence-corrected chi connectivity index (χ2v) is 4.91. The smallest absolute Gasteiger partial charge is 0.318 e. The first-order valence-electron chi connectivity index (χ1n) is 5.97. The average molecular weight is 243 g/mol. The van der Waals surface area contributed by atoms with E-state index in [0.29, 0.717) is 6.54 Å². The Morgan fingerprint density at radius 3 is 2.39 bits per heavy atom. The van der Waals surface area contributed by atoms with Crippen LogP contribution in [-0.4, -0.2) is 29.4 Å². The number of nitriles is 1. The van der Waals surface area contributed by atoms with Crippen LogP contribution in [-0.2, 0) is 0 Å². The predicted octanol–water partition coefficient (Wildman–Crippen LogP) is 2.50. The van der Waals surface area contributed by atoms with Crippen molar-refractivity contribution in [3.05, 3.63) is 34.4 Å². The predicted molar refractivity (Wildman–Crippen MR) is 68.9 cm³/mol. The maximum atomic E-state index is 11.8. The Bertz CT molecular complexity index is 545. The molecule has 2 rings (SSSR count). The lowest BCUT2D eigenvalue weighted by molar-refractivity contribution is 0.205. The third kappa shape index (κ3) is 1.82. The fraction of sp³-hybridized carbons (Fsp3) is 0.429. The molecule has 0 aliphatic carbocycles. The molecule has 0 spiro atoms. The van der Waals surface area contributed by atoms with Gasteiger partial charge >= 0.3 is 6.03 Å². The number of rotatable bonds is 1. The summed E-state index contributed by atoms with van der Waals surface area (Å²) in [6.45, 7) is 6.64. The Balaban J connectivity index is 2.42. The number of amides is 2. The van der Waals surface area contributed by atoms with E-state index in [0.717, 1.165) is 5.56 Å². The van der Waals surface area contributed by atoms with Crippen LogP contribution in [0.1, 0.15) is 28.3 Å². The van der Waals surface area contributed by atoms with Crippen molar-refractivity contribution < 1.29 is 4.79 Å². The highest BCUT2D eigenvalue weighted by Gasteiger charge is 2.36. The van der Waals surface area contributed by atoms with Gasteiger partial charge in [-0.1, -0.05) is 12.1 Å². The molecule has 1 aromatic rings. The summed E-state index contributed by atoms with van der Waals surface area (Å²) in [5.74, 6) is 0. The molecule has 1 fully saturated rings. The Kier molecular flexibility index (Phi) is 3.00. The van der Waals surface area contributed by atoms with Crippen molar-refractivity contribution in [1.29, 1.82) is 5.26 Å². The van der Waals surface area contributed by atoms with Gasteiger partial charge in [0.15, 0.2) is 6.19 Å². The molecule has 0 aromatic heterocycles. The quantitative estimate of drug-likeness (QED) is 0.711. The summed E-state index contributed by atoms with van der Waals surface area (Å²) in [5, 5.41) is 8.92. The van der Waals surface area contributed by atoms with Gasteiger partial charge in [0, 0.05) is 7.05 Å². The molecule has 1 aliphatic heterocycles. The molecule has 1 unspecified atom stereocenters. The molecule has 1 saturated heterocycles. The minimum Gasteiger partial charge on any atom is -0.318 e. The van der Waals surface area contributed by atoms with E-state index in [1.54, 1.807) is 11.9 Å². The van der Waals surface area contributed by atoms with Gasteiger partial charge in [-0.25, -0.2) is 9.69 Å². The highest BCUT2D eigenvalue weighted by Crippen LogP contribution is 2.31. The van der Waals surface area contributed by atoms with E-state index in [1.807, 2.05) is 6.19 Å². The standard InChI is InChI=1S/C14H17N3O/c1-9-5-11(3)12(6-10(9)2)13-7-17(8-15)14(18)16(13)4/h5-6,13H,7H2,1-4H3. The normalized spacial score (nSPS) is 19.3. The number of urea groups is 1. The highest BCUT2D eigenvalue weighted by molar-refractivity contribution is 5.79. The monoisotopic (exact) mass is 243 g/mol. The molecule has 1 heterocycles. The van der Waals surface area contributed by atoms with E-state index >= 15 is 0 Å². The molecular formula is C14H17N3O. The Labute approximate surface area is 107 Å². The van der Waals surface area contributed by atoms with Gasteiger partial charge in [0.2, 0.25) is 0 Å². The van der Waals surface area contributed by atoms with Gasteiger partial charge in [0.25, 0.3) is 0 Å². The lowest BCUT2D eigenvalue weighted by atomic mass is 9.95. The zero-order chi connectivity index (χ0) is 13.4. The molecule has 2 amide bonds. The van der Waals surface area contributed by atoms with Crippen molar-refractivity contribution in [3.8, 4) is 6.19 Å². The van der Waals surface area contributed by atoms with Crippen LogP contribution < -0.4 is 0 Å². The largest absolute Gasteiger partial charge is 0.333 e. The van der Waals surface area contributed by atoms with Crippen LogP contribution in [0.3, 0.4) is 0 Å². The summed E-state index contributed by atoms with van der Waals surface area (Å²) >= 11 is 0. The number of likely N-dealkylation sites (N-methyl/N-ethyl adjacent to an activating group) is 1. The first kappa shape index (κ1) is 12.4. The number of carbonyl (C=O) groups is 1. The van der Waals surface area contributed by atoms with Crippen LogP contribution in [0.2, 0.25) is 0 Å². The van der Waals surface area contributed by atoms with Crippen molar-refractivity contribution in [3.63, 3.8) is 0 Å². The van der Waals surface area contributed by atoms with E-state index in [4.69, 9.17) is 5.26 Å². The lowest BCUT2D eigenvalue weighted by Crippen LogP contribution is -2.26. The van der Waals surface area contributed by atoms with Crippen LogP contribution in [0, 0.1) is 32.2 Å². The summed E-state index contributed by atoms with van der Waals surface area (Å²) in [5.41, 5.74) is 4.77. The summed E-state index contributed by atoms with van der Waals surface area (Å²) in [6, 6.07) is 4.01. The van der Waals surface area contributed by atoms with Crippen LogP contribution >= 0.6 is 0 Å². The second-order valence-electron chi connectivity index (χ2n) is 4.91. The van der Waals surface area contributed by atoms with E-state index in [-0.39, 0.29) is 12.1 Å². The van der Waals surface area contributed by atoms with Gasteiger partial charge in [-0.05, 0) is 43.0 Å². The fourth-order valence-electron chi connectivity index (χ4n) is 2.43. The summed E-state index contributed by atoms with van der Waals surface area (Å²) in [7, 11) is 1.75. The molecule has 1 aromatic carbocycles.